The van der Waals surface area contributed by atoms with Crippen molar-refractivity contribution in [1.29, 1.82) is 0 Å². The molecule has 1 atom stereocenters. The van der Waals surface area contributed by atoms with Crippen molar-refractivity contribution in [2.45, 2.75) is 38.3 Å². The zero-order valence-corrected chi connectivity index (χ0v) is 12.0. The van der Waals surface area contributed by atoms with Gasteiger partial charge in [0.1, 0.15) is 0 Å². The quantitative estimate of drug-likeness (QED) is 0.767. The Morgan fingerprint density at radius 2 is 1.86 bits per heavy atom. The molecule has 5 heteroatoms. The first-order valence-corrected chi connectivity index (χ1v) is 7.63. The van der Waals surface area contributed by atoms with Crippen LogP contribution in [0, 0.1) is 5.92 Å². The number of hydrogen-bond donors (Lipinski definition) is 3. The van der Waals surface area contributed by atoms with Crippen molar-refractivity contribution in [3.05, 3.63) is 29.8 Å². The molecular weight excluding hydrogens is 266 g/mol. The molecule has 0 radical (unpaired) electrons. The molecule has 112 valence electrons. The van der Waals surface area contributed by atoms with E-state index >= 15 is 0 Å². The maximum atomic E-state index is 11.9. The molecule has 2 amide bonds. The largest absolute Gasteiger partial charge is 0.351 e. The summed E-state index contributed by atoms with van der Waals surface area (Å²) in [7, 11) is 0. The summed E-state index contributed by atoms with van der Waals surface area (Å²) in [6.45, 7) is 1.45. The Kier molecular flexibility index (Phi) is 4.20. The molecule has 0 bridgehead atoms. The van der Waals surface area contributed by atoms with E-state index in [9.17, 15) is 9.59 Å². The second-order valence-corrected chi connectivity index (χ2v) is 5.83. The van der Waals surface area contributed by atoms with E-state index in [1.54, 1.807) is 0 Å². The number of carbonyl (C=O) groups excluding carboxylic acids is 2. The van der Waals surface area contributed by atoms with Crippen LogP contribution in [0.5, 0.6) is 0 Å². The summed E-state index contributed by atoms with van der Waals surface area (Å²) >= 11 is 0. The molecule has 2 aliphatic rings. The van der Waals surface area contributed by atoms with Crippen LogP contribution in [-0.2, 0) is 16.1 Å². The topological polar surface area (TPSA) is 70.2 Å². The standard InChI is InChI=1S/C16H21N3O2/c20-15(12-5-6-12)19-13-7-3-11(4-8-13)10-18-16(21)14-2-1-9-17-14/h3-4,7-8,12,14,17H,1-2,5-6,9-10H2,(H,18,21)(H,19,20). The van der Waals surface area contributed by atoms with E-state index in [2.05, 4.69) is 16.0 Å². The maximum absolute atomic E-state index is 11.9. The zero-order chi connectivity index (χ0) is 14.7. The summed E-state index contributed by atoms with van der Waals surface area (Å²) in [6.07, 6.45) is 3.99. The molecule has 3 N–H and O–H groups in total. The Bertz CT molecular complexity index is 517. The fourth-order valence-electron chi connectivity index (χ4n) is 2.52. The summed E-state index contributed by atoms with van der Waals surface area (Å²) in [5, 5.41) is 9.03. The summed E-state index contributed by atoms with van der Waals surface area (Å²) in [4.78, 5) is 23.5. The van der Waals surface area contributed by atoms with Crippen LogP contribution >= 0.6 is 0 Å². The average Bonchev–Trinajstić information content (AvgIpc) is 3.21. The van der Waals surface area contributed by atoms with Crippen molar-refractivity contribution in [1.82, 2.24) is 10.6 Å². The highest BCUT2D eigenvalue weighted by atomic mass is 16.2. The van der Waals surface area contributed by atoms with E-state index in [-0.39, 0.29) is 23.8 Å². The third kappa shape index (κ3) is 3.82. The van der Waals surface area contributed by atoms with E-state index in [0.29, 0.717) is 6.54 Å². The lowest BCUT2D eigenvalue weighted by molar-refractivity contribution is -0.123. The van der Waals surface area contributed by atoms with E-state index in [1.807, 2.05) is 24.3 Å². The summed E-state index contributed by atoms with van der Waals surface area (Å²) in [5.74, 6) is 0.393. The minimum atomic E-state index is -0.0397. The molecule has 1 heterocycles. The highest BCUT2D eigenvalue weighted by Gasteiger charge is 2.29. The summed E-state index contributed by atoms with van der Waals surface area (Å²) < 4.78 is 0. The Balaban J connectivity index is 1.47. The Morgan fingerprint density at radius 1 is 1.10 bits per heavy atom. The molecule has 1 aromatic carbocycles. The van der Waals surface area contributed by atoms with E-state index in [4.69, 9.17) is 0 Å². The molecule has 1 saturated carbocycles. The van der Waals surface area contributed by atoms with E-state index in [0.717, 1.165) is 43.5 Å². The van der Waals surface area contributed by atoms with Crippen LogP contribution in [-0.4, -0.2) is 24.4 Å². The van der Waals surface area contributed by atoms with Crippen molar-refractivity contribution in [3.8, 4) is 0 Å². The maximum Gasteiger partial charge on any atom is 0.237 e. The van der Waals surface area contributed by atoms with Gasteiger partial charge in [0.05, 0.1) is 6.04 Å². The number of nitrogens with one attached hydrogen (secondary N) is 3. The number of carbonyl (C=O) groups is 2. The lowest BCUT2D eigenvalue weighted by Gasteiger charge is -2.11. The Hall–Kier alpha value is -1.88. The first kappa shape index (κ1) is 14.1. The second kappa shape index (κ2) is 6.26. The highest BCUT2D eigenvalue weighted by molar-refractivity contribution is 5.94. The smallest absolute Gasteiger partial charge is 0.237 e. The number of amides is 2. The molecule has 5 nitrogen and oxygen atoms in total. The predicted molar refractivity (Wildman–Crippen MR) is 80.7 cm³/mol. The van der Waals surface area contributed by atoms with E-state index in [1.165, 1.54) is 0 Å². The van der Waals surface area contributed by atoms with Gasteiger partial charge in [-0.3, -0.25) is 9.59 Å². The van der Waals surface area contributed by atoms with Gasteiger partial charge >= 0.3 is 0 Å². The molecular formula is C16H21N3O2. The van der Waals surface area contributed by atoms with Gasteiger partial charge in [0, 0.05) is 18.2 Å². The van der Waals surface area contributed by atoms with Crippen molar-refractivity contribution < 1.29 is 9.59 Å². The van der Waals surface area contributed by atoms with Crippen LogP contribution in [0.1, 0.15) is 31.2 Å². The van der Waals surface area contributed by atoms with Gasteiger partial charge in [-0.15, -0.1) is 0 Å². The fourth-order valence-corrected chi connectivity index (χ4v) is 2.52. The SMILES string of the molecule is O=C(Nc1ccc(CNC(=O)C2CCCN2)cc1)C1CC1. The zero-order valence-electron chi connectivity index (χ0n) is 12.0. The van der Waals surface area contributed by atoms with Crippen molar-refractivity contribution >= 4 is 17.5 Å². The summed E-state index contributed by atoms with van der Waals surface area (Å²) in [6, 6.07) is 7.60. The highest BCUT2D eigenvalue weighted by Crippen LogP contribution is 2.30. The van der Waals surface area contributed by atoms with Gasteiger partial charge in [-0.2, -0.15) is 0 Å². The Morgan fingerprint density at radius 3 is 2.48 bits per heavy atom. The number of hydrogen-bond acceptors (Lipinski definition) is 3. The molecule has 3 rings (SSSR count). The normalized spacial score (nSPS) is 21.0. The molecule has 1 aliphatic heterocycles. The first-order chi connectivity index (χ1) is 10.2. The van der Waals surface area contributed by atoms with Gasteiger partial charge < -0.3 is 16.0 Å². The molecule has 21 heavy (non-hydrogen) atoms. The average molecular weight is 287 g/mol. The first-order valence-electron chi connectivity index (χ1n) is 7.63. The van der Waals surface area contributed by atoms with Crippen molar-refractivity contribution in [2.24, 2.45) is 5.92 Å². The van der Waals surface area contributed by atoms with Crippen LogP contribution in [0.25, 0.3) is 0 Å². The Labute approximate surface area is 124 Å². The third-order valence-corrected chi connectivity index (χ3v) is 4.01. The predicted octanol–water partition coefficient (Wildman–Crippen LogP) is 1.40. The fraction of sp³-hybridized carbons (Fsp3) is 0.500. The van der Waals surface area contributed by atoms with Crippen molar-refractivity contribution in [3.63, 3.8) is 0 Å². The number of anilines is 1. The number of benzene rings is 1. The van der Waals surface area contributed by atoms with Crippen LogP contribution in [0.4, 0.5) is 5.69 Å². The minimum Gasteiger partial charge on any atom is -0.351 e. The van der Waals surface area contributed by atoms with Crippen LogP contribution in [0.2, 0.25) is 0 Å². The van der Waals surface area contributed by atoms with Crippen LogP contribution in [0.3, 0.4) is 0 Å². The molecule has 2 fully saturated rings. The van der Waals surface area contributed by atoms with E-state index < -0.39 is 0 Å². The van der Waals surface area contributed by atoms with Crippen LogP contribution < -0.4 is 16.0 Å². The molecule has 1 aromatic rings. The van der Waals surface area contributed by atoms with Gasteiger partial charge in [0.2, 0.25) is 11.8 Å². The van der Waals surface area contributed by atoms with Gasteiger partial charge in [-0.05, 0) is 49.9 Å². The second-order valence-electron chi connectivity index (χ2n) is 5.83. The van der Waals surface area contributed by atoms with Gasteiger partial charge in [-0.1, -0.05) is 12.1 Å². The lowest BCUT2D eigenvalue weighted by atomic mass is 10.2. The minimum absolute atomic E-state index is 0.0397. The van der Waals surface area contributed by atoms with Gasteiger partial charge in [0.15, 0.2) is 0 Å². The third-order valence-electron chi connectivity index (χ3n) is 4.01. The van der Waals surface area contributed by atoms with Crippen LogP contribution in [0.15, 0.2) is 24.3 Å². The molecule has 1 aliphatic carbocycles. The van der Waals surface area contributed by atoms with Gasteiger partial charge in [-0.25, -0.2) is 0 Å². The summed E-state index contributed by atoms with van der Waals surface area (Å²) in [5.41, 5.74) is 1.85. The lowest BCUT2D eigenvalue weighted by Crippen LogP contribution is -2.39. The molecule has 1 unspecified atom stereocenters. The number of rotatable bonds is 5. The van der Waals surface area contributed by atoms with Gasteiger partial charge in [0.25, 0.3) is 0 Å². The molecule has 0 spiro atoms. The monoisotopic (exact) mass is 287 g/mol. The van der Waals surface area contributed by atoms with Crippen molar-refractivity contribution in [2.75, 3.05) is 11.9 Å². The molecule has 0 aromatic heterocycles. The molecule has 1 saturated heterocycles.